The van der Waals surface area contributed by atoms with Crippen LogP contribution in [-0.2, 0) is 10.0 Å². The Hall–Kier alpha value is -3.24. The summed E-state index contributed by atoms with van der Waals surface area (Å²) in [6, 6.07) is 12.5. The van der Waals surface area contributed by atoms with Crippen molar-refractivity contribution in [3.05, 3.63) is 70.2 Å². The SMILES string of the molecule is Cc1ccc(S(=O)(=O)Nc2nc(C)c(C(=O)Nc3ccc(C(N)=O)cc3)s2)cc1. The average molecular weight is 431 g/mol. The van der Waals surface area contributed by atoms with Crippen LogP contribution in [0.5, 0.6) is 0 Å². The van der Waals surface area contributed by atoms with Crippen LogP contribution in [0.2, 0.25) is 0 Å². The van der Waals surface area contributed by atoms with Gasteiger partial charge in [0.15, 0.2) is 5.13 Å². The van der Waals surface area contributed by atoms with Crippen LogP contribution in [-0.4, -0.2) is 25.2 Å². The average Bonchev–Trinajstić information content (AvgIpc) is 3.02. The number of anilines is 2. The number of aryl methyl sites for hydroxylation is 2. The normalized spacial score (nSPS) is 11.1. The third-order valence-electron chi connectivity index (χ3n) is 3.98. The van der Waals surface area contributed by atoms with Crippen molar-refractivity contribution in [1.82, 2.24) is 4.98 Å². The zero-order valence-electron chi connectivity index (χ0n) is 15.6. The molecule has 10 heteroatoms. The molecular formula is C19H18N4O4S2. The maximum absolute atomic E-state index is 12.5. The second-order valence-corrected chi connectivity index (χ2v) is 8.93. The number of carbonyl (C=O) groups excluding carboxylic acids is 2. The molecule has 1 heterocycles. The van der Waals surface area contributed by atoms with Crippen LogP contribution in [0.1, 0.15) is 31.3 Å². The number of aromatic nitrogens is 1. The van der Waals surface area contributed by atoms with Crippen LogP contribution in [0.4, 0.5) is 10.8 Å². The van der Waals surface area contributed by atoms with Crippen LogP contribution in [0.15, 0.2) is 53.4 Å². The van der Waals surface area contributed by atoms with Crippen molar-refractivity contribution in [2.75, 3.05) is 10.0 Å². The number of primary amides is 1. The van der Waals surface area contributed by atoms with E-state index in [1.165, 1.54) is 24.3 Å². The Morgan fingerprint density at radius 2 is 1.62 bits per heavy atom. The first-order valence-corrected chi connectivity index (χ1v) is 10.7. The number of amides is 2. The summed E-state index contributed by atoms with van der Waals surface area (Å²) >= 11 is 0.932. The van der Waals surface area contributed by atoms with Gasteiger partial charge in [-0.15, -0.1) is 0 Å². The molecule has 0 bridgehead atoms. The smallest absolute Gasteiger partial charge is 0.267 e. The number of hydrogen-bond acceptors (Lipinski definition) is 6. The molecule has 0 aliphatic heterocycles. The first-order chi connectivity index (χ1) is 13.7. The molecule has 2 aromatic carbocycles. The number of hydrogen-bond donors (Lipinski definition) is 3. The topological polar surface area (TPSA) is 131 Å². The van der Waals surface area contributed by atoms with Gasteiger partial charge in [0.2, 0.25) is 5.91 Å². The molecule has 0 aliphatic carbocycles. The van der Waals surface area contributed by atoms with Crippen molar-refractivity contribution in [3.8, 4) is 0 Å². The third kappa shape index (κ3) is 4.79. The highest BCUT2D eigenvalue weighted by Crippen LogP contribution is 2.26. The summed E-state index contributed by atoms with van der Waals surface area (Å²) in [5.41, 5.74) is 7.31. The van der Waals surface area contributed by atoms with E-state index in [1.54, 1.807) is 31.2 Å². The molecule has 0 spiro atoms. The molecule has 8 nitrogen and oxygen atoms in total. The van der Waals surface area contributed by atoms with Gasteiger partial charge in [0.25, 0.3) is 15.9 Å². The second kappa shape index (κ2) is 8.02. The molecule has 2 amide bonds. The Labute approximate surface area is 171 Å². The van der Waals surface area contributed by atoms with E-state index in [9.17, 15) is 18.0 Å². The minimum absolute atomic E-state index is 0.0947. The molecule has 3 rings (SSSR count). The number of nitrogens with two attached hydrogens (primary N) is 1. The number of rotatable bonds is 6. The van der Waals surface area contributed by atoms with Crippen molar-refractivity contribution in [2.24, 2.45) is 5.73 Å². The quantitative estimate of drug-likeness (QED) is 0.553. The van der Waals surface area contributed by atoms with E-state index in [0.29, 0.717) is 16.9 Å². The van der Waals surface area contributed by atoms with Crippen LogP contribution in [0, 0.1) is 13.8 Å². The molecule has 0 saturated carbocycles. The van der Waals surface area contributed by atoms with Gasteiger partial charge in [-0.1, -0.05) is 29.0 Å². The minimum atomic E-state index is -3.81. The summed E-state index contributed by atoms with van der Waals surface area (Å²) in [6.45, 7) is 3.48. The Balaban J connectivity index is 1.76. The number of sulfonamides is 1. The number of nitrogens with zero attached hydrogens (tertiary/aromatic N) is 1. The fourth-order valence-electron chi connectivity index (χ4n) is 2.45. The standard InChI is InChI=1S/C19H18N4O4S2/c1-11-3-9-15(10-4-11)29(26,27)23-19-21-12(2)16(28-19)18(25)22-14-7-5-13(6-8-14)17(20)24/h3-10H,1-2H3,(H2,20,24)(H,21,23)(H,22,25). The first-order valence-electron chi connectivity index (χ1n) is 8.44. The zero-order valence-corrected chi connectivity index (χ0v) is 17.2. The molecular weight excluding hydrogens is 412 g/mol. The fourth-order valence-corrected chi connectivity index (χ4v) is 4.54. The molecule has 0 fully saturated rings. The maximum Gasteiger partial charge on any atom is 0.267 e. The van der Waals surface area contributed by atoms with Gasteiger partial charge in [-0.25, -0.2) is 13.4 Å². The summed E-state index contributed by atoms with van der Waals surface area (Å²) in [5, 5.41) is 2.78. The zero-order chi connectivity index (χ0) is 21.2. The number of carbonyl (C=O) groups is 2. The van der Waals surface area contributed by atoms with E-state index in [0.717, 1.165) is 16.9 Å². The van der Waals surface area contributed by atoms with Gasteiger partial charge in [0.05, 0.1) is 10.6 Å². The number of thiazole rings is 1. The van der Waals surface area contributed by atoms with Gasteiger partial charge in [-0.05, 0) is 50.2 Å². The lowest BCUT2D eigenvalue weighted by Crippen LogP contribution is -2.13. The van der Waals surface area contributed by atoms with Gasteiger partial charge in [0, 0.05) is 11.3 Å². The van der Waals surface area contributed by atoms with Crippen molar-refractivity contribution in [3.63, 3.8) is 0 Å². The van der Waals surface area contributed by atoms with E-state index in [2.05, 4.69) is 15.0 Å². The van der Waals surface area contributed by atoms with Gasteiger partial charge in [0.1, 0.15) is 4.88 Å². The molecule has 29 heavy (non-hydrogen) atoms. The molecule has 0 atom stereocenters. The van der Waals surface area contributed by atoms with Gasteiger partial charge < -0.3 is 11.1 Å². The Morgan fingerprint density at radius 3 is 2.21 bits per heavy atom. The summed E-state index contributed by atoms with van der Waals surface area (Å²) in [4.78, 5) is 28.2. The van der Waals surface area contributed by atoms with Crippen LogP contribution in [0.25, 0.3) is 0 Å². The molecule has 0 aliphatic rings. The Kier molecular flexibility index (Phi) is 5.66. The van der Waals surface area contributed by atoms with Gasteiger partial charge in [-0.3, -0.25) is 14.3 Å². The molecule has 0 saturated heterocycles. The Bertz CT molecular complexity index is 1170. The number of nitrogens with one attached hydrogen (secondary N) is 2. The Morgan fingerprint density at radius 1 is 1.00 bits per heavy atom. The number of benzene rings is 2. The van der Waals surface area contributed by atoms with Crippen LogP contribution in [0.3, 0.4) is 0 Å². The monoisotopic (exact) mass is 430 g/mol. The van der Waals surface area contributed by atoms with Gasteiger partial charge in [-0.2, -0.15) is 0 Å². The summed E-state index contributed by atoms with van der Waals surface area (Å²) in [5.74, 6) is -1.00. The highest BCUT2D eigenvalue weighted by molar-refractivity contribution is 7.93. The summed E-state index contributed by atoms with van der Waals surface area (Å²) in [6.07, 6.45) is 0. The molecule has 4 N–H and O–H groups in total. The predicted octanol–water partition coefficient (Wildman–Crippen LogP) is 2.91. The van der Waals surface area contributed by atoms with E-state index in [-0.39, 0.29) is 14.9 Å². The van der Waals surface area contributed by atoms with Crippen molar-refractivity contribution in [1.29, 1.82) is 0 Å². The predicted molar refractivity (Wildman–Crippen MR) is 112 cm³/mol. The summed E-state index contributed by atoms with van der Waals surface area (Å²) in [7, 11) is -3.81. The molecule has 150 valence electrons. The lowest BCUT2D eigenvalue weighted by molar-refractivity contribution is 0.0998. The lowest BCUT2D eigenvalue weighted by Gasteiger charge is -2.05. The van der Waals surface area contributed by atoms with Crippen LogP contribution >= 0.6 is 11.3 Å². The molecule has 0 radical (unpaired) electrons. The maximum atomic E-state index is 12.5. The van der Waals surface area contributed by atoms with E-state index in [1.807, 2.05) is 6.92 Å². The largest absolute Gasteiger partial charge is 0.366 e. The highest BCUT2D eigenvalue weighted by Gasteiger charge is 2.20. The highest BCUT2D eigenvalue weighted by atomic mass is 32.2. The van der Waals surface area contributed by atoms with Crippen molar-refractivity contribution >= 4 is 44.0 Å². The molecule has 0 unspecified atom stereocenters. The van der Waals surface area contributed by atoms with E-state index in [4.69, 9.17) is 5.73 Å². The van der Waals surface area contributed by atoms with Crippen molar-refractivity contribution in [2.45, 2.75) is 18.7 Å². The third-order valence-corrected chi connectivity index (χ3v) is 6.54. The second-order valence-electron chi connectivity index (χ2n) is 6.25. The molecule has 1 aromatic heterocycles. The van der Waals surface area contributed by atoms with E-state index < -0.39 is 21.8 Å². The molecule has 3 aromatic rings. The fraction of sp³-hybridized carbons (Fsp3) is 0.105. The van der Waals surface area contributed by atoms with Crippen molar-refractivity contribution < 1.29 is 18.0 Å². The van der Waals surface area contributed by atoms with E-state index >= 15 is 0 Å². The van der Waals surface area contributed by atoms with Crippen LogP contribution < -0.4 is 15.8 Å². The summed E-state index contributed by atoms with van der Waals surface area (Å²) < 4.78 is 27.4. The van der Waals surface area contributed by atoms with Gasteiger partial charge >= 0.3 is 0 Å². The first kappa shape index (κ1) is 20.5. The lowest BCUT2D eigenvalue weighted by atomic mass is 10.2. The minimum Gasteiger partial charge on any atom is -0.366 e.